The maximum Gasteiger partial charge on any atom is 0.0880 e. The van der Waals surface area contributed by atoms with Crippen LogP contribution in [0, 0.1) is 0 Å². The molecule has 0 saturated carbocycles. The second-order valence-corrected chi connectivity index (χ2v) is 2.88. The summed E-state index contributed by atoms with van der Waals surface area (Å²) in [7, 11) is 0. The molecule has 2 heterocycles. The number of hydrogen-bond acceptors (Lipinski definition) is 2. The van der Waals surface area contributed by atoms with Crippen LogP contribution < -0.4 is 0 Å². The number of aromatic nitrogens is 3. The molecule has 2 aromatic heterocycles. The summed E-state index contributed by atoms with van der Waals surface area (Å²) in [6, 6.07) is 6.00. The summed E-state index contributed by atoms with van der Waals surface area (Å²) in [5, 5.41) is 6.75. The number of H-pyrrole nitrogens is 1. The summed E-state index contributed by atoms with van der Waals surface area (Å²) in [4.78, 5) is 4.32. The van der Waals surface area contributed by atoms with Gasteiger partial charge in [-0.1, -0.05) is 13.0 Å². The average molecular weight is 173 g/mol. The van der Waals surface area contributed by atoms with Crippen molar-refractivity contribution in [1.82, 2.24) is 15.2 Å². The molecule has 1 N–H and O–H groups in total. The standard InChI is InChI=1S/C10H11N3/c1-2-8-3-4-9(11-7-8)10-5-6-12-13-10/h3-7H,2H2,1H3,(H,12,13). The van der Waals surface area contributed by atoms with Crippen molar-refractivity contribution in [2.75, 3.05) is 0 Å². The molecule has 0 amide bonds. The fraction of sp³-hybridized carbons (Fsp3) is 0.200. The van der Waals surface area contributed by atoms with Crippen LogP contribution in [0.2, 0.25) is 0 Å². The van der Waals surface area contributed by atoms with Crippen molar-refractivity contribution >= 4 is 0 Å². The van der Waals surface area contributed by atoms with E-state index in [9.17, 15) is 0 Å². The molecule has 13 heavy (non-hydrogen) atoms. The molecule has 2 aromatic rings. The second-order valence-electron chi connectivity index (χ2n) is 2.88. The molecule has 66 valence electrons. The summed E-state index contributed by atoms with van der Waals surface area (Å²) in [6.07, 6.45) is 4.65. The van der Waals surface area contributed by atoms with Gasteiger partial charge in [-0.05, 0) is 24.1 Å². The normalized spacial score (nSPS) is 10.2. The lowest BCUT2D eigenvalue weighted by Crippen LogP contribution is -1.86. The van der Waals surface area contributed by atoms with Gasteiger partial charge in [0, 0.05) is 12.4 Å². The first kappa shape index (κ1) is 7.98. The van der Waals surface area contributed by atoms with Crippen molar-refractivity contribution in [3.05, 3.63) is 36.2 Å². The molecule has 0 saturated heterocycles. The van der Waals surface area contributed by atoms with Crippen LogP contribution in [-0.2, 0) is 6.42 Å². The maximum absolute atomic E-state index is 4.32. The number of aromatic amines is 1. The van der Waals surface area contributed by atoms with E-state index < -0.39 is 0 Å². The van der Waals surface area contributed by atoms with Crippen LogP contribution in [0.4, 0.5) is 0 Å². The molecule has 0 fully saturated rings. The topological polar surface area (TPSA) is 41.6 Å². The molecule has 0 aliphatic rings. The Kier molecular flexibility index (Phi) is 2.08. The highest BCUT2D eigenvalue weighted by Crippen LogP contribution is 2.12. The SMILES string of the molecule is CCc1ccc(-c2ccn[nH]2)nc1. The minimum atomic E-state index is 0.940. The fourth-order valence-corrected chi connectivity index (χ4v) is 1.19. The summed E-state index contributed by atoms with van der Waals surface area (Å²) < 4.78 is 0. The van der Waals surface area contributed by atoms with E-state index in [4.69, 9.17) is 0 Å². The highest BCUT2D eigenvalue weighted by Gasteiger charge is 1.98. The van der Waals surface area contributed by atoms with Gasteiger partial charge in [-0.15, -0.1) is 0 Å². The largest absolute Gasteiger partial charge is 0.276 e. The van der Waals surface area contributed by atoms with E-state index in [1.807, 2.05) is 18.3 Å². The summed E-state index contributed by atoms with van der Waals surface area (Å²) in [5.74, 6) is 0. The zero-order chi connectivity index (χ0) is 9.10. The fourth-order valence-electron chi connectivity index (χ4n) is 1.19. The lowest BCUT2D eigenvalue weighted by molar-refractivity contribution is 1.07. The van der Waals surface area contributed by atoms with Crippen LogP contribution in [0.15, 0.2) is 30.6 Å². The minimum Gasteiger partial charge on any atom is -0.276 e. The summed E-state index contributed by atoms with van der Waals surface area (Å²) in [6.45, 7) is 2.12. The summed E-state index contributed by atoms with van der Waals surface area (Å²) >= 11 is 0. The predicted molar refractivity (Wildman–Crippen MR) is 51.2 cm³/mol. The molecule has 3 nitrogen and oxygen atoms in total. The van der Waals surface area contributed by atoms with E-state index in [0.29, 0.717) is 0 Å². The number of nitrogens with zero attached hydrogens (tertiary/aromatic N) is 2. The lowest BCUT2D eigenvalue weighted by Gasteiger charge is -1.98. The van der Waals surface area contributed by atoms with E-state index in [0.717, 1.165) is 17.8 Å². The number of nitrogens with one attached hydrogen (secondary N) is 1. The Bertz CT molecular complexity index is 362. The summed E-state index contributed by atoms with van der Waals surface area (Å²) in [5.41, 5.74) is 3.15. The highest BCUT2D eigenvalue weighted by atomic mass is 15.1. The quantitative estimate of drug-likeness (QED) is 0.755. The van der Waals surface area contributed by atoms with Crippen molar-refractivity contribution in [2.24, 2.45) is 0 Å². The Balaban J connectivity index is 2.33. The van der Waals surface area contributed by atoms with E-state index in [-0.39, 0.29) is 0 Å². The van der Waals surface area contributed by atoms with Crippen LogP contribution >= 0.6 is 0 Å². The van der Waals surface area contributed by atoms with Gasteiger partial charge in [0.2, 0.25) is 0 Å². The molecule has 2 rings (SSSR count). The highest BCUT2D eigenvalue weighted by molar-refractivity contribution is 5.52. The van der Waals surface area contributed by atoms with Gasteiger partial charge in [0.1, 0.15) is 0 Å². The van der Waals surface area contributed by atoms with Crippen molar-refractivity contribution in [2.45, 2.75) is 13.3 Å². The molecule has 0 spiro atoms. The molecule has 0 aliphatic carbocycles. The Morgan fingerprint density at radius 3 is 2.77 bits per heavy atom. The van der Waals surface area contributed by atoms with Crippen molar-refractivity contribution in [3.63, 3.8) is 0 Å². The molecule has 0 aromatic carbocycles. The Morgan fingerprint density at radius 1 is 1.31 bits per heavy atom. The third kappa shape index (κ3) is 1.59. The van der Waals surface area contributed by atoms with E-state index in [2.05, 4.69) is 28.2 Å². The van der Waals surface area contributed by atoms with Crippen LogP contribution in [-0.4, -0.2) is 15.2 Å². The lowest BCUT2D eigenvalue weighted by atomic mass is 10.2. The maximum atomic E-state index is 4.32. The van der Waals surface area contributed by atoms with Crippen LogP contribution in [0.3, 0.4) is 0 Å². The van der Waals surface area contributed by atoms with Gasteiger partial charge in [0.15, 0.2) is 0 Å². The Morgan fingerprint density at radius 2 is 2.23 bits per heavy atom. The molecule has 0 unspecified atom stereocenters. The van der Waals surface area contributed by atoms with Gasteiger partial charge < -0.3 is 0 Å². The van der Waals surface area contributed by atoms with Gasteiger partial charge in [0.05, 0.1) is 11.4 Å². The van der Waals surface area contributed by atoms with E-state index in [1.165, 1.54) is 5.56 Å². The molecule has 0 atom stereocenters. The number of aryl methyl sites for hydroxylation is 1. The van der Waals surface area contributed by atoms with E-state index in [1.54, 1.807) is 6.20 Å². The smallest absolute Gasteiger partial charge is 0.0880 e. The van der Waals surface area contributed by atoms with Crippen LogP contribution in [0.5, 0.6) is 0 Å². The van der Waals surface area contributed by atoms with Crippen LogP contribution in [0.1, 0.15) is 12.5 Å². The van der Waals surface area contributed by atoms with Crippen molar-refractivity contribution in [1.29, 1.82) is 0 Å². The second kappa shape index (κ2) is 3.39. The number of pyridine rings is 1. The third-order valence-electron chi connectivity index (χ3n) is 2.01. The minimum absolute atomic E-state index is 0.940. The van der Waals surface area contributed by atoms with Gasteiger partial charge in [-0.3, -0.25) is 10.1 Å². The van der Waals surface area contributed by atoms with Gasteiger partial charge in [-0.2, -0.15) is 5.10 Å². The molecule has 0 aliphatic heterocycles. The van der Waals surface area contributed by atoms with Crippen LogP contribution in [0.25, 0.3) is 11.4 Å². The zero-order valence-electron chi connectivity index (χ0n) is 7.49. The molecule has 0 bridgehead atoms. The first-order valence-corrected chi connectivity index (χ1v) is 4.35. The van der Waals surface area contributed by atoms with Crippen molar-refractivity contribution < 1.29 is 0 Å². The van der Waals surface area contributed by atoms with Gasteiger partial charge >= 0.3 is 0 Å². The Hall–Kier alpha value is -1.64. The zero-order valence-corrected chi connectivity index (χ0v) is 7.49. The molecular weight excluding hydrogens is 162 g/mol. The van der Waals surface area contributed by atoms with Gasteiger partial charge in [-0.25, -0.2) is 0 Å². The van der Waals surface area contributed by atoms with Gasteiger partial charge in [0.25, 0.3) is 0 Å². The molecule has 3 heteroatoms. The first-order chi connectivity index (χ1) is 6.40. The number of rotatable bonds is 2. The van der Waals surface area contributed by atoms with E-state index >= 15 is 0 Å². The average Bonchev–Trinajstić information content (AvgIpc) is 2.71. The predicted octanol–water partition coefficient (Wildman–Crippen LogP) is 2.03. The van der Waals surface area contributed by atoms with Crippen molar-refractivity contribution in [3.8, 4) is 11.4 Å². The molecular formula is C10H11N3. The first-order valence-electron chi connectivity index (χ1n) is 4.35. The number of hydrogen-bond donors (Lipinski definition) is 1. The Labute approximate surface area is 76.8 Å². The molecule has 0 radical (unpaired) electrons. The third-order valence-corrected chi connectivity index (χ3v) is 2.01. The monoisotopic (exact) mass is 173 g/mol.